The van der Waals surface area contributed by atoms with Crippen molar-refractivity contribution in [2.24, 2.45) is 0 Å². The summed E-state index contributed by atoms with van der Waals surface area (Å²) in [4.78, 5) is 14.0. The molecular weight excluding hydrogens is 344 g/mol. The molecule has 0 bridgehead atoms. The summed E-state index contributed by atoms with van der Waals surface area (Å²) >= 11 is 0. The fraction of sp³-hybridized carbons (Fsp3) is 0.350. The minimum absolute atomic E-state index is 0.0499. The maximum absolute atomic E-state index is 10.9. The number of benzene rings is 2. The fourth-order valence-corrected chi connectivity index (χ4v) is 3.56. The van der Waals surface area contributed by atoms with Crippen LogP contribution >= 0.6 is 0 Å². The molecule has 27 heavy (non-hydrogen) atoms. The van der Waals surface area contributed by atoms with Crippen LogP contribution in [0.3, 0.4) is 0 Å². The molecule has 1 saturated heterocycles. The smallest absolute Gasteiger partial charge is 0.270 e. The van der Waals surface area contributed by atoms with E-state index in [2.05, 4.69) is 24.0 Å². The summed E-state index contributed by atoms with van der Waals surface area (Å²) in [6.07, 6.45) is 0. The number of hydrogen-bond donors (Lipinski definition) is 1. The van der Waals surface area contributed by atoms with Crippen molar-refractivity contribution >= 4 is 11.4 Å². The van der Waals surface area contributed by atoms with Gasteiger partial charge in [-0.25, -0.2) is 0 Å². The van der Waals surface area contributed by atoms with Gasteiger partial charge in [-0.2, -0.15) is 5.26 Å². The first-order chi connectivity index (χ1) is 13.0. The van der Waals surface area contributed by atoms with Crippen LogP contribution in [0.2, 0.25) is 0 Å². The Morgan fingerprint density at radius 1 is 1.26 bits per heavy atom. The summed E-state index contributed by atoms with van der Waals surface area (Å²) in [7, 11) is 1.69. The Morgan fingerprint density at radius 3 is 2.63 bits per heavy atom. The number of quaternary nitrogens is 1. The SMILES string of the molecule is COc1ccc(C)cc1C[NH+]1CCN(c2ccc([N+](=O)[O-])cc2C#N)CC1. The number of methoxy groups -OCH3 is 1. The molecular formula is C20H23N4O3+. The summed E-state index contributed by atoms with van der Waals surface area (Å²) < 4.78 is 5.48. The minimum atomic E-state index is -0.470. The van der Waals surface area contributed by atoms with E-state index < -0.39 is 4.92 Å². The van der Waals surface area contributed by atoms with Gasteiger partial charge in [0.1, 0.15) is 18.4 Å². The van der Waals surface area contributed by atoms with Gasteiger partial charge >= 0.3 is 0 Å². The highest BCUT2D eigenvalue weighted by Gasteiger charge is 2.24. The first-order valence-electron chi connectivity index (χ1n) is 8.92. The number of anilines is 1. The highest BCUT2D eigenvalue weighted by atomic mass is 16.6. The molecule has 2 aromatic carbocycles. The van der Waals surface area contributed by atoms with E-state index in [9.17, 15) is 15.4 Å². The van der Waals surface area contributed by atoms with Crippen molar-refractivity contribution < 1.29 is 14.6 Å². The molecule has 0 radical (unpaired) electrons. The molecule has 0 spiro atoms. The Labute approximate surface area is 158 Å². The maximum atomic E-state index is 10.9. The van der Waals surface area contributed by atoms with Crippen LogP contribution in [0.4, 0.5) is 11.4 Å². The number of non-ortho nitro benzene ring substituents is 1. The quantitative estimate of drug-likeness (QED) is 0.642. The first kappa shape index (κ1) is 18.7. The van der Waals surface area contributed by atoms with Crippen molar-refractivity contribution in [2.45, 2.75) is 13.5 Å². The molecule has 0 aromatic heterocycles. The fourth-order valence-electron chi connectivity index (χ4n) is 3.56. The van der Waals surface area contributed by atoms with E-state index in [-0.39, 0.29) is 5.69 Å². The third-order valence-corrected chi connectivity index (χ3v) is 5.00. The van der Waals surface area contributed by atoms with Crippen molar-refractivity contribution in [3.8, 4) is 11.8 Å². The monoisotopic (exact) mass is 367 g/mol. The molecule has 0 amide bonds. The molecule has 1 N–H and O–H groups in total. The van der Waals surface area contributed by atoms with E-state index in [4.69, 9.17) is 4.74 Å². The first-order valence-corrected chi connectivity index (χ1v) is 8.92. The van der Waals surface area contributed by atoms with Crippen LogP contribution in [-0.2, 0) is 6.54 Å². The number of hydrogen-bond acceptors (Lipinski definition) is 5. The molecule has 140 valence electrons. The Hall–Kier alpha value is -3.11. The predicted molar refractivity (Wildman–Crippen MR) is 102 cm³/mol. The lowest BCUT2D eigenvalue weighted by atomic mass is 10.1. The highest BCUT2D eigenvalue weighted by molar-refractivity contribution is 5.63. The molecule has 7 heteroatoms. The Kier molecular flexibility index (Phi) is 5.57. The number of ether oxygens (including phenoxy) is 1. The van der Waals surface area contributed by atoms with Crippen LogP contribution in [0.25, 0.3) is 0 Å². The second-order valence-corrected chi connectivity index (χ2v) is 6.80. The lowest BCUT2D eigenvalue weighted by Crippen LogP contribution is -3.13. The van der Waals surface area contributed by atoms with E-state index in [1.165, 1.54) is 28.2 Å². The lowest BCUT2D eigenvalue weighted by Gasteiger charge is -2.34. The van der Waals surface area contributed by atoms with Gasteiger partial charge in [0.05, 0.1) is 49.5 Å². The number of piperazine rings is 1. The van der Waals surface area contributed by atoms with Crippen LogP contribution in [-0.4, -0.2) is 38.2 Å². The topological polar surface area (TPSA) is 83.8 Å². The molecule has 2 aromatic rings. The zero-order valence-electron chi connectivity index (χ0n) is 15.6. The number of nitro groups is 1. The summed E-state index contributed by atoms with van der Waals surface area (Å²) in [5.74, 6) is 0.915. The van der Waals surface area contributed by atoms with Crippen molar-refractivity contribution in [3.63, 3.8) is 0 Å². The zero-order valence-corrected chi connectivity index (χ0v) is 15.6. The van der Waals surface area contributed by atoms with Crippen LogP contribution in [0.5, 0.6) is 5.75 Å². The second kappa shape index (κ2) is 8.06. The molecule has 0 saturated carbocycles. The van der Waals surface area contributed by atoms with Crippen molar-refractivity contribution in [3.05, 3.63) is 63.2 Å². The second-order valence-electron chi connectivity index (χ2n) is 6.80. The predicted octanol–water partition coefficient (Wildman–Crippen LogP) is 1.69. The molecule has 7 nitrogen and oxygen atoms in total. The highest BCUT2D eigenvalue weighted by Crippen LogP contribution is 2.25. The van der Waals surface area contributed by atoms with Crippen molar-refractivity contribution in [1.82, 2.24) is 0 Å². The molecule has 0 atom stereocenters. The van der Waals surface area contributed by atoms with Gasteiger partial charge < -0.3 is 14.5 Å². The summed E-state index contributed by atoms with van der Waals surface area (Å²) in [5.41, 5.74) is 3.50. The van der Waals surface area contributed by atoms with Gasteiger partial charge in [0.25, 0.3) is 5.69 Å². The standard InChI is InChI=1S/C20H22N4O3/c1-15-3-6-20(27-2)17(11-15)14-22-7-9-23(10-8-22)19-5-4-18(24(25)26)12-16(19)13-21/h3-6,11-12H,7-10,14H2,1-2H3/p+1. The van der Waals surface area contributed by atoms with E-state index >= 15 is 0 Å². The average molecular weight is 367 g/mol. The average Bonchev–Trinajstić information content (AvgIpc) is 2.68. The summed E-state index contributed by atoms with van der Waals surface area (Å²) in [6, 6.07) is 12.8. The minimum Gasteiger partial charge on any atom is -0.496 e. The number of nitro benzene ring substituents is 1. The Balaban J connectivity index is 1.68. The van der Waals surface area contributed by atoms with Gasteiger partial charge in [-0.1, -0.05) is 11.6 Å². The van der Waals surface area contributed by atoms with Crippen molar-refractivity contribution in [2.75, 3.05) is 38.2 Å². The number of rotatable bonds is 5. The molecule has 0 unspecified atom stereocenters. The van der Waals surface area contributed by atoms with Gasteiger partial charge in [-0.3, -0.25) is 10.1 Å². The van der Waals surface area contributed by atoms with Crippen LogP contribution < -0.4 is 14.5 Å². The molecule has 1 heterocycles. The molecule has 1 aliphatic heterocycles. The van der Waals surface area contributed by atoms with E-state index in [0.29, 0.717) is 5.56 Å². The maximum Gasteiger partial charge on any atom is 0.270 e. The van der Waals surface area contributed by atoms with E-state index in [1.54, 1.807) is 13.2 Å². The lowest BCUT2D eigenvalue weighted by molar-refractivity contribution is -0.914. The number of nitrogens with one attached hydrogen (secondary N) is 1. The third-order valence-electron chi connectivity index (χ3n) is 5.00. The van der Waals surface area contributed by atoms with Gasteiger partial charge in [0, 0.05) is 17.7 Å². The van der Waals surface area contributed by atoms with Crippen molar-refractivity contribution in [1.29, 1.82) is 5.26 Å². The molecule has 1 fully saturated rings. The largest absolute Gasteiger partial charge is 0.496 e. The van der Waals surface area contributed by atoms with Gasteiger partial charge in [-0.05, 0) is 25.1 Å². The number of nitriles is 1. The Bertz CT molecular complexity index is 883. The third kappa shape index (κ3) is 4.18. The normalized spacial score (nSPS) is 14.6. The van der Waals surface area contributed by atoms with Crippen LogP contribution in [0.1, 0.15) is 16.7 Å². The van der Waals surface area contributed by atoms with Gasteiger partial charge in [0.15, 0.2) is 0 Å². The number of aryl methyl sites for hydroxylation is 1. The van der Waals surface area contributed by atoms with E-state index in [1.807, 2.05) is 12.1 Å². The summed E-state index contributed by atoms with van der Waals surface area (Å²) in [6.45, 7) is 6.43. The zero-order chi connectivity index (χ0) is 19.4. The van der Waals surface area contributed by atoms with Gasteiger partial charge in [-0.15, -0.1) is 0 Å². The molecule has 3 rings (SSSR count). The molecule has 0 aliphatic carbocycles. The Morgan fingerprint density at radius 2 is 2.00 bits per heavy atom. The summed E-state index contributed by atoms with van der Waals surface area (Å²) in [5, 5.41) is 20.3. The van der Waals surface area contributed by atoms with E-state index in [0.717, 1.165) is 44.2 Å². The van der Waals surface area contributed by atoms with Gasteiger partial charge in [0.2, 0.25) is 0 Å². The number of nitrogens with zero attached hydrogens (tertiary/aromatic N) is 3. The van der Waals surface area contributed by atoms with Crippen LogP contribution in [0.15, 0.2) is 36.4 Å². The van der Waals surface area contributed by atoms with Crippen LogP contribution in [0, 0.1) is 28.4 Å². The molecule has 1 aliphatic rings.